The summed E-state index contributed by atoms with van der Waals surface area (Å²) in [6.07, 6.45) is 10.2. The van der Waals surface area contributed by atoms with Gasteiger partial charge in [-0.25, -0.2) is 0 Å². The molecular formula is C29H40Hf. The third kappa shape index (κ3) is 3.52. The van der Waals surface area contributed by atoms with Crippen molar-refractivity contribution in [1.29, 1.82) is 0 Å². The summed E-state index contributed by atoms with van der Waals surface area (Å²) >= 11 is 0. The molecule has 1 unspecified atom stereocenters. The Morgan fingerprint density at radius 2 is 1.40 bits per heavy atom. The van der Waals surface area contributed by atoms with Crippen LogP contribution in [0, 0.1) is 11.3 Å². The van der Waals surface area contributed by atoms with E-state index in [1.807, 2.05) is 0 Å². The minimum atomic E-state index is 0. The maximum atomic E-state index is 2.63. The molecule has 4 rings (SSSR count). The average Bonchev–Trinajstić information content (AvgIpc) is 3.00. The van der Waals surface area contributed by atoms with Gasteiger partial charge in [0, 0.05) is 36.7 Å². The monoisotopic (exact) mass is 568 g/mol. The second-order valence-electron chi connectivity index (χ2n) is 10.9. The van der Waals surface area contributed by atoms with Crippen molar-refractivity contribution in [3.63, 3.8) is 0 Å². The van der Waals surface area contributed by atoms with Crippen LogP contribution >= 0.6 is 0 Å². The third-order valence-corrected chi connectivity index (χ3v) is 8.91. The van der Waals surface area contributed by atoms with Gasteiger partial charge in [-0.15, -0.1) is 0 Å². The zero-order valence-corrected chi connectivity index (χ0v) is 24.1. The number of allylic oxidation sites excluding steroid dienone is 5. The summed E-state index contributed by atoms with van der Waals surface area (Å²) in [4.78, 5) is 0. The number of hydrogen-bond donors (Lipinski definition) is 0. The molecule has 0 amide bonds. The predicted molar refractivity (Wildman–Crippen MR) is 127 cm³/mol. The molecule has 1 aromatic carbocycles. The van der Waals surface area contributed by atoms with Crippen molar-refractivity contribution in [2.45, 2.75) is 99.3 Å². The van der Waals surface area contributed by atoms with Crippen LogP contribution in [0.25, 0.3) is 6.08 Å². The van der Waals surface area contributed by atoms with Gasteiger partial charge in [-0.2, -0.15) is 0 Å². The van der Waals surface area contributed by atoms with Crippen LogP contribution < -0.4 is 0 Å². The van der Waals surface area contributed by atoms with Gasteiger partial charge in [0.2, 0.25) is 0 Å². The van der Waals surface area contributed by atoms with Crippen LogP contribution in [0.1, 0.15) is 103 Å². The van der Waals surface area contributed by atoms with Gasteiger partial charge >= 0.3 is 0 Å². The minimum absolute atomic E-state index is 0. The molecule has 0 fully saturated rings. The maximum Gasteiger partial charge on any atom is 0.0182 e. The van der Waals surface area contributed by atoms with Crippen LogP contribution in [0.3, 0.4) is 0 Å². The summed E-state index contributed by atoms with van der Waals surface area (Å²) in [5.41, 5.74) is 14.5. The Morgan fingerprint density at radius 1 is 0.867 bits per heavy atom. The van der Waals surface area contributed by atoms with Crippen molar-refractivity contribution in [2.24, 2.45) is 11.3 Å². The first-order chi connectivity index (χ1) is 13.6. The van der Waals surface area contributed by atoms with E-state index in [4.69, 9.17) is 0 Å². The van der Waals surface area contributed by atoms with Crippen molar-refractivity contribution in [3.8, 4) is 0 Å². The van der Waals surface area contributed by atoms with Crippen molar-refractivity contribution >= 4 is 6.08 Å². The number of hydrogen-bond acceptors (Lipinski definition) is 0. The Labute approximate surface area is 204 Å². The van der Waals surface area contributed by atoms with E-state index in [0.717, 1.165) is 0 Å². The smallest absolute Gasteiger partial charge is 0.0182 e. The largest absolute Gasteiger partial charge is 0.0627 e. The summed E-state index contributed by atoms with van der Waals surface area (Å²) < 4.78 is 0. The number of aryl methyl sites for hydroxylation is 2. The molecule has 1 atom stereocenters. The number of fused-ring (bicyclic) bond motifs is 2. The minimum Gasteiger partial charge on any atom is -0.0627 e. The van der Waals surface area contributed by atoms with Crippen LogP contribution in [0.2, 0.25) is 0 Å². The summed E-state index contributed by atoms with van der Waals surface area (Å²) in [6.45, 7) is 19.2. The molecule has 0 nitrogen and oxygen atoms in total. The van der Waals surface area contributed by atoms with E-state index in [2.05, 4.69) is 73.6 Å². The first-order valence-corrected chi connectivity index (χ1v) is 11.8. The zero-order chi connectivity index (χ0) is 21.1. The van der Waals surface area contributed by atoms with E-state index in [1.54, 1.807) is 33.4 Å². The Morgan fingerprint density at radius 3 is 1.93 bits per heavy atom. The van der Waals surface area contributed by atoms with Crippen molar-refractivity contribution < 1.29 is 25.8 Å². The first kappa shape index (κ1) is 24.0. The van der Waals surface area contributed by atoms with E-state index < -0.39 is 0 Å². The van der Waals surface area contributed by atoms with Crippen molar-refractivity contribution in [3.05, 3.63) is 62.3 Å². The van der Waals surface area contributed by atoms with E-state index in [9.17, 15) is 0 Å². The molecule has 1 heteroatoms. The normalized spacial score (nSPS) is 24.8. The van der Waals surface area contributed by atoms with Crippen LogP contribution in [0.5, 0.6) is 0 Å². The third-order valence-electron chi connectivity index (χ3n) is 8.91. The fraction of sp³-hybridized carbons (Fsp3) is 0.586. The fourth-order valence-corrected chi connectivity index (χ4v) is 6.74. The molecule has 0 N–H and O–H groups in total. The molecule has 0 saturated carbocycles. The van der Waals surface area contributed by atoms with E-state index in [-0.39, 0.29) is 36.7 Å². The second-order valence-corrected chi connectivity index (χ2v) is 10.9. The average molecular weight is 567 g/mol. The van der Waals surface area contributed by atoms with Gasteiger partial charge in [0.25, 0.3) is 0 Å². The summed E-state index contributed by atoms with van der Waals surface area (Å²) in [7, 11) is 0. The van der Waals surface area contributed by atoms with Crippen LogP contribution in [0.4, 0.5) is 0 Å². The van der Waals surface area contributed by atoms with Crippen molar-refractivity contribution in [2.75, 3.05) is 0 Å². The van der Waals surface area contributed by atoms with Crippen LogP contribution in [-0.2, 0) is 44.1 Å². The fourth-order valence-electron chi connectivity index (χ4n) is 6.74. The van der Waals surface area contributed by atoms with Gasteiger partial charge in [-0.05, 0) is 112 Å². The molecule has 3 aliphatic rings. The van der Waals surface area contributed by atoms with Gasteiger partial charge in [-0.3, -0.25) is 0 Å². The van der Waals surface area contributed by atoms with Crippen LogP contribution in [0.15, 0.2) is 40.0 Å². The van der Waals surface area contributed by atoms with Gasteiger partial charge in [0.1, 0.15) is 0 Å². The Kier molecular flexibility index (Phi) is 6.66. The topological polar surface area (TPSA) is 0 Å². The maximum absolute atomic E-state index is 2.63. The Balaban J connectivity index is 0.00000256. The molecule has 0 spiro atoms. The molecule has 0 heterocycles. The van der Waals surface area contributed by atoms with E-state index in [0.29, 0.717) is 5.92 Å². The van der Waals surface area contributed by atoms with Gasteiger partial charge < -0.3 is 0 Å². The SMILES string of the molecule is CC1=Cc2cc3c(cc2C1(CC(C)C)CC1(C)C(C)=C(C)C(C)=C1C)CCCC3.[Hf]. The molecule has 1 aromatic rings. The van der Waals surface area contributed by atoms with E-state index in [1.165, 1.54) is 55.2 Å². The van der Waals surface area contributed by atoms with Gasteiger partial charge in [-0.1, -0.05) is 55.7 Å². The Hall–Kier alpha value is -0.690. The first-order valence-electron chi connectivity index (χ1n) is 11.8. The number of rotatable bonds is 4. The molecular weight excluding hydrogens is 527 g/mol. The molecule has 3 aliphatic carbocycles. The summed E-state index contributed by atoms with van der Waals surface area (Å²) in [6, 6.07) is 5.18. The van der Waals surface area contributed by atoms with Gasteiger partial charge in [0.05, 0.1) is 0 Å². The quantitative estimate of drug-likeness (QED) is 0.321. The summed E-state index contributed by atoms with van der Waals surface area (Å²) in [5, 5.41) is 0. The van der Waals surface area contributed by atoms with Crippen LogP contribution in [-0.4, -0.2) is 0 Å². The Bertz CT molecular complexity index is 929. The molecule has 160 valence electrons. The molecule has 0 aliphatic heterocycles. The van der Waals surface area contributed by atoms with Gasteiger partial charge in [0.15, 0.2) is 0 Å². The second kappa shape index (κ2) is 8.34. The van der Waals surface area contributed by atoms with E-state index >= 15 is 0 Å². The molecule has 0 bridgehead atoms. The van der Waals surface area contributed by atoms with Crippen molar-refractivity contribution in [1.82, 2.24) is 0 Å². The standard InChI is InChI=1S/C29H40.Hf/c1-18(2)16-29(17-28(8)22(6)20(4)21(5)23(28)7)19(3)13-26-14-24-11-9-10-12-25(24)15-27(26)29;/h13-15,18H,9-12,16-17H2,1-8H3;. The molecule has 0 saturated heterocycles. The molecule has 30 heavy (non-hydrogen) atoms. The number of benzene rings is 1. The predicted octanol–water partition coefficient (Wildman–Crippen LogP) is 8.35. The molecule has 0 aromatic heterocycles. The zero-order valence-electron chi connectivity index (χ0n) is 20.6. The molecule has 0 radical (unpaired) electrons. The summed E-state index contributed by atoms with van der Waals surface area (Å²) in [5.74, 6) is 0.682.